The topological polar surface area (TPSA) is 49.8 Å². The first-order valence-electron chi connectivity index (χ1n) is 7.01. The van der Waals surface area contributed by atoms with Crippen molar-refractivity contribution in [3.05, 3.63) is 29.3 Å². The van der Waals surface area contributed by atoms with E-state index in [4.69, 9.17) is 4.74 Å². The third kappa shape index (κ3) is 2.66. The summed E-state index contributed by atoms with van der Waals surface area (Å²) < 4.78 is 5.65. The molecule has 0 spiro atoms. The predicted octanol–water partition coefficient (Wildman–Crippen LogP) is 2.05. The normalized spacial score (nSPS) is 21.1. The highest BCUT2D eigenvalue weighted by molar-refractivity contribution is 5.79. The lowest BCUT2D eigenvalue weighted by Crippen LogP contribution is -2.49. The van der Waals surface area contributed by atoms with Crippen LogP contribution in [-0.2, 0) is 4.79 Å². The molecule has 4 nitrogen and oxygen atoms in total. The summed E-state index contributed by atoms with van der Waals surface area (Å²) in [5.74, 6) is 0.670. The highest BCUT2D eigenvalue weighted by atomic mass is 16.5. The largest absolute Gasteiger partial charge is 0.483 e. The lowest BCUT2D eigenvalue weighted by atomic mass is 9.99. The molecule has 1 aliphatic rings. The molecule has 0 saturated carbocycles. The van der Waals surface area contributed by atoms with Crippen molar-refractivity contribution in [2.75, 3.05) is 13.2 Å². The number of rotatable bonds is 3. The Kier molecular flexibility index (Phi) is 4.04. The van der Waals surface area contributed by atoms with Gasteiger partial charge in [-0.1, -0.05) is 12.1 Å². The average molecular weight is 277 g/mol. The van der Waals surface area contributed by atoms with Gasteiger partial charge >= 0.3 is 0 Å². The van der Waals surface area contributed by atoms with Gasteiger partial charge in [0.2, 0.25) is 0 Å². The third-order valence-corrected chi connectivity index (χ3v) is 4.34. The zero-order valence-electron chi connectivity index (χ0n) is 12.6. The van der Waals surface area contributed by atoms with Gasteiger partial charge in [-0.05, 0) is 51.3 Å². The molecule has 1 fully saturated rings. The molecule has 1 aliphatic heterocycles. The maximum absolute atomic E-state index is 12.3. The van der Waals surface area contributed by atoms with Crippen molar-refractivity contribution in [3.63, 3.8) is 0 Å². The standard InChI is InChI=1S/C16H23NO3/c1-11-6-5-7-13(12(11)2)20-10-15(19)17-9-8-14(18)16(17,3)4/h5-7,14,18H,8-10H2,1-4H3. The van der Waals surface area contributed by atoms with E-state index in [9.17, 15) is 9.90 Å². The molecule has 4 heteroatoms. The van der Waals surface area contributed by atoms with Gasteiger partial charge in [0.05, 0.1) is 11.6 Å². The number of hydrogen-bond donors (Lipinski definition) is 1. The van der Waals surface area contributed by atoms with E-state index in [1.54, 1.807) is 4.90 Å². The molecule has 0 radical (unpaired) electrons. The number of benzene rings is 1. The van der Waals surface area contributed by atoms with Crippen LogP contribution in [0.1, 0.15) is 31.4 Å². The molecule has 1 unspecified atom stereocenters. The number of aliphatic hydroxyl groups excluding tert-OH is 1. The molecule has 110 valence electrons. The van der Waals surface area contributed by atoms with Crippen LogP contribution in [0.4, 0.5) is 0 Å². The van der Waals surface area contributed by atoms with E-state index in [1.807, 2.05) is 45.9 Å². The Labute approximate surface area is 120 Å². The van der Waals surface area contributed by atoms with Crippen LogP contribution in [0.2, 0.25) is 0 Å². The van der Waals surface area contributed by atoms with E-state index in [-0.39, 0.29) is 12.5 Å². The molecule has 1 saturated heterocycles. The van der Waals surface area contributed by atoms with Crippen LogP contribution < -0.4 is 4.74 Å². The highest BCUT2D eigenvalue weighted by Gasteiger charge is 2.42. The zero-order chi connectivity index (χ0) is 14.9. The summed E-state index contributed by atoms with van der Waals surface area (Å²) in [4.78, 5) is 14.0. The Balaban J connectivity index is 2.01. The Morgan fingerprint density at radius 1 is 1.45 bits per heavy atom. The number of aliphatic hydroxyl groups is 1. The summed E-state index contributed by atoms with van der Waals surface area (Å²) >= 11 is 0. The van der Waals surface area contributed by atoms with Crippen molar-refractivity contribution in [1.82, 2.24) is 4.90 Å². The second-order valence-corrected chi connectivity index (χ2v) is 5.99. The highest BCUT2D eigenvalue weighted by Crippen LogP contribution is 2.29. The number of amides is 1. The predicted molar refractivity (Wildman–Crippen MR) is 77.8 cm³/mol. The van der Waals surface area contributed by atoms with Gasteiger partial charge in [-0.2, -0.15) is 0 Å². The monoisotopic (exact) mass is 277 g/mol. The molecule has 2 rings (SSSR count). The van der Waals surface area contributed by atoms with Crippen LogP contribution >= 0.6 is 0 Å². The van der Waals surface area contributed by atoms with Crippen LogP contribution in [0.3, 0.4) is 0 Å². The summed E-state index contributed by atoms with van der Waals surface area (Å²) in [5.41, 5.74) is 1.69. The summed E-state index contributed by atoms with van der Waals surface area (Å²) in [6.45, 7) is 8.38. The summed E-state index contributed by atoms with van der Waals surface area (Å²) in [7, 11) is 0. The van der Waals surface area contributed by atoms with Crippen LogP contribution in [0.5, 0.6) is 5.75 Å². The molecule has 1 amide bonds. The summed E-state index contributed by atoms with van der Waals surface area (Å²) in [6.07, 6.45) is 0.162. The number of ether oxygens (including phenoxy) is 1. The molecular formula is C16H23NO3. The van der Waals surface area contributed by atoms with Gasteiger partial charge in [0.25, 0.3) is 5.91 Å². The van der Waals surface area contributed by atoms with Crippen molar-refractivity contribution in [2.24, 2.45) is 0 Å². The summed E-state index contributed by atoms with van der Waals surface area (Å²) in [6, 6.07) is 5.81. The first-order valence-corrected chi connectivity index (χ1v) is 7.01. The smallest absolute Gasteiger partial charge is 0.261 e. The van der Waals surface area contributed by atoms with Crippen molar-refractivity contribution >= 4 is 5.91 Å². The first-order chi connectivity index (χ1) is 9.34. The van der Waals surface area contributed by atoms with E-state index in [2.05, 4.69) is 0 Å². The molecule has 0 aliphatic carbocycles. The van der Waals surface area contributed by atoms with Crippen LogP contribution in [0.15, 0.2) is 18.2 Å². The maximum Gasteiger partial charge on any atom is 0.261 e. The average Bonchev–Trinajstić information content (AvgIpc) is 2.66. The maximum atomic E-state index is 12.3. The second kappa shape index (κ2) is 5.44. The Morgan fingerprint density at radius 2 is 2.15 bits per heavy atom. The molecule has 1 N–H and O–H groups in total. The SMILES string of the molecule is Cc1cccc(OCC(=O)N2CCC(O)C2(C)C)c1C. The Morgan fingerprint density at radius 3 is 2.75 bits per heavy atom. The zero-order valence-corrected chi connectivity index (χ0v) is 12.6. The van der Waals surface area contributed by atoms with E-state index in [1.165, 1.54) is 0 Å². The fourth-order valence-corrected chi connectivity index (χ4v) is 2.62. The number of hydrogen-bond acceptors (Lipinski definition) is 3. The fraction of sp³-hybridized carbons (Fsp3) is 0.562. The minimum atomic E-state index is -0.512. The first kappa shape index (κ1) is 14.9. The van der Waals surface area contributed by atoms with Gasteiger partial charge in [-0.15, -0.1) is 0 Å². The van der Waals surface area contributed by atoms with Gasteiger partial charge in [0.15, 0.2) is 6.61 Å². The van der Waals surface area contributed by atoms with Gasteiger partial charge in [-0.25, -0.2) is 0 Å². The lowest BCUT2D eigenvalue weighted by molar-refractivity contribution is -0.138. The molecule has 1 aromatic carbocycles. The van der Waals surface area contributed by atoms with Gasteiger partial charge in [0.1, 0.15) is 5.75 Å². The number of nitrogens with zero attached hydrogens (tertiary/aromatic N) is 1. The van der Waals surface area contributed by atoms with Crippen LogP contribution in [0, 0.1) is 13.8 Å². The van der Waals surface area contributed by atoms with Crippen molar-refractivity contribution in [3.8, 4) is 5.75 Å². The fourth-order valence-electron chi connectivity index (χ4n) is 2.62. The van der Waals surface area contributed by atoms with E-state index in [0.29, 0.717) is 13.0 Å². The van der Waals surface area contributed by atoms with Crippen molar-refractivity contribution < 1.29 is 14.6 Å². The molecule has 0 bridgehead atoms. The molecule has 1 heterocycles. The van der Waals surface area contributed by atoms with E-state index in [0.717, 1.165) is 16.9 Å². The number of aryl methyl sites for hydroxylation is 1. The Hall–Kier alpha value is -1.55. The quantitative estimate of drug-likeness (QED) is 0.920. The molecule has 0 aromatic heterocycles. The Bertz CT molecular complexity index is 510. The van der Waals surface area contributed by atoms with Crippen LogP contribution in [0.25, 0.3) is 0 Å². The third-order valence-electron chi connectivity index (χ3n) is 4.34. The van der Waals surface area contributed by atoms with Crippen molar-refractivity contribution in [2.45, 2.75) is 45.8 Å². The minimum Gasteiger partial charge on any atom is -0.483 e. The molecular weight excluding hydrogens is 254 g/mol. The number of likely N-dealkylation sites (tertiary alicyclic amines) is 1. The van der Waals surface area contributed by atoms with Gasteiger partial charge in [0, 0.05) is 6.54 Å². The van der Waals surface area contributed by atoms with Crippen molar-refractivity contribution in [1.29, 1.82) is 0 Å². The lowest BCUT2D eigenvalue weighted by Gasteiger charge is -2.33. The molecule has 20 heavy (non-hydrogen) atoms. The molecule has 1 aromatic rings. The van der Waals surface area contributed by atoms with E-state index >= 15 is 0 Å². The molecule has 1 atom stereocenters. The second-order valence-electron chi connectivity index (χ2n) is 5.99. The van der Waals surface area contributed by atoms with Gasteiger partial charge in [-0.3, -0.25) is 4.79 Å². The van der Waals surface area contributed by atoms with Gasteiger partial charge < -0.3 is 14.7 Å². The number of carbonyl (C=O) groups excluding carboxylic acids is 1. The number of carbonyl (C=O) groups is 1. The summed E-state index contributed by atoms with van der Waals surface area (Å²) in [5, 5.41) is 9.91. The minimum absolute atomic E-state index is 0.0143. The van der Waals surface area contributed by atoms with Crippen LogP contribution in [-0.4, -0.2) is 40.7 Å². The van der Waals surface area contributed by atoms with E-state index < -0.39 is 11.6 Å².